The number of rotatable bonds is 3. The van der Waals surface area contributed by atoms with Gasteiger partial charge in [0.05, 0.1) is 11.9 Å². The van der Waals surface area contributed by atoms with Gasteiger partial charge in [0.1, 0.15) is 10.8 Å². The van der Waals surface area contributed by atoms with Crippen LogP contribution in [0.1, 0.15) is 0 Å². The van der Waals surface area contributed by atoms with Crippen molar-refractivity contribution >= 4 is 39.1 Å². The van der Waals surface area contributed by atoms with Gasteiger partial charge in [0, 0.05) is 9.50 Å². The molecule has 3 rings (SSSR count). The minimum absolute atomic E-state index is 0.0129. The number of aromatic nitrogens is 2. The predicted octanol–water partition coefficient (Wildman–Crippen LogP) is 5.09. The molecule has 0 aliphatic carbocycles. The van der Waals surface area contributed by atoms with Crippen molar-refractivity contribution in [2.45, 2.75) is 0 Å². The molecule has 0 aliphatic rings. The van der Waals surface area contributed by atoms with Crippen molar-refractivity contribution in [1.82, 2.24) is 9.78 Å². The molecule has 1 heterocycles. The SMILES string of the molecule is O=c1c(Oc2ccc(Br)cc2)c(Cl)cnn1-c1ccc(Cl)cc1. The molecule has 23 heavy (non-hydrogen) atoms. The Kier molecular flexibility index (Phi) is 4.71. The Hall–Kier alpha value is -1.82. The van der Waals surface area contributed by atoms with E-state index in [1.807, 2.05) is 12.1 Å². The van der Waals surface area contributed by atoms with Crippen molar-refractivity contribution in [1.29, 1.82) is 0 Å². The number of benzene rings is 2. The maximum absolute atomic E-state index is 12.6. The van der Waals surface area contributed by atoms with Crippen LogP contribution in [-0.2, 0) is 0 Å². The summed E-state index contributed by atoms with van der Waals surface area (Å²) >= 11 is 15.3. The van der Waals surface area contributed by atoms with Crippen molar-refractivity contribution in [2.24, 2.45) is 0 Å². The van der Waals surface area contributed by atoms with E-state index in [1.54, 1.807) is 36.4 Å². The van der Waals surface area contributed by atoms with E-state index >= 15 is 0 Å². The molecule has 0 unspecified atom stereocenters. The zero-order valence-corrected chi connectivity index (χ0v) is 14.6. The lowest BCUT2D eigenvalue weighted by atomic mass is 10.3. The molecule has 4 nitrogen and oxygen atoms in total. The molecule has 2 aromatic carbocycles. The molecule has 0 aliphatic heterocycles. The van der Waals surface area contributed by atoms with Crippen LogP contribution in [0.2, 0.25) is 10.0 Å². The van der Waals surface area contributed by atoms with Crippen LogP contribution in [0.4, 0.5) is 0 Å². The number of ether oxygens (including phenoxy) is 1. The lowest BCUT2D eigenvalue weighted by molar-refractivity contribution is 0.468. The number of hydrogen-bond donors (Lipinski definition) is 0. The van der Waals surface area contributed by atoms with E-state index in [1.165, 1.54) is 10.9 Å². The zero-order valence-electron chi connectivity index (χ0n) is 11.5. The van der Waals surface area contributed by atoms with Crippen LogP contribution in [0.25, 0.3) is 5.69 Å². The van der Waals surface area contributed by atoms with Crippen molar-refractivity contribution in [2.75, 3.05) is 0 Å². The fourth-order valence-corrected chi connectivity index (χ4v) is 2.45. The molecule has 116 valence electrons. The Balaban J connectivity index is 2.03. The van der Waals surface area contributed by atoms with E-state index in [0.717, 1.165) is 4.47 Å². The second-order valence-corrected chi connectivity index (χ2v) is 6.33. The lowest BCUT2D eigenvalue weighted by Crippen LogP contribution is -2.22. The lowest BCUT2D eigenvalue weighted by Gasteiger charge is -2.10. The van der Waals surface area contributed by atoms with E-state index < -0.39 is 5.56 Å². The Morgan fingerprint density at radius 3 is 2.30 bits per heavy atom. The Bertz CT molecular complexity index is 893. The van der Waals surface area contributed by atoms with Gasteiger partial charge < -0.3 is 4.74 Å². The largest absolute Gasteiger partial charge is 0.450 e. The average molecular weight is 412 g/mol. The maximum Gasteiger partial charge on any atom is 0.316 e. The summed E-state index contributed by atoms with van der Waals surface area (Å²) in [6, 6.07) is 13.8. The van der Waals surface area contributed by atoms with Crippen LogP contribution < -0.4 is 10.3 Å². The van der Waals surface area contributed by atoms with Gasteiger partial charge in [-0.05, 0) is 48.5 Å². The maximum atomic E-state index is 12.6. The standard InChI is InChI=1S/C16H9BrCl2N2O2/c17-10-1-7-13(8-2-10)23-15-14(19)9-20-21(16(15)22)12-5-3-11(18)4-6-12/h1-9H. The van der Waals surface area contributed by atoms with Gasteiger partial charge in [0.15, 0.2) is 0 Å². The summed E-state index contributed by atoms with van der Waals surface area (Å²) in [5, 5.41) is 4.75. The molecule has 0 spiro atoms. The van der Waals surface area contributed by atoms with Crippen LogP contribution >= 0.6 is 39.1 Å². The minimum atomic E-state index is -0.456. The summed E-state index contributed by atoms with van der Waals surface area (Å²) < 4.78 is 7.74. The van der Waals surface area contributed by atoms with Crippen LogP contribution in [0.3, 0.4) is 0 Å². The molecule has 1 aromatic heterocycles. The van der Waals surface area contributed by atoms with Crippen molar-refractivity contribution in [3.05, 3.63) is 79.6 Å². The van der Waals surface area contributed by atoms with E-state index in [-0.39, 0.29) is 10.8 Å². The monoisotopic (exact) mass is 410 g/mol. The van der Waals surface area contributed by atoms with Gasteiger partial charge in [0.25, 0.3) is 0 Å². The second-order valence-electron chi connectivity index (χ2n) is 4.57. The zero-order chi connectivity index (χ0) is 16.4. The average Bonchev–Trinajstić information content (AvgIpc) is 2.54. The summed E-state index contributed by atoms with van der Waals surface area (Å²) in [5.74, 6) is 0.514. The fraction of sp³-hybridized carbons (Fsp3) is 0. The first-order chi connectivity index (χ1) is 11.0. The van der Waals surface area contributed by atoms with Gasteiger partial charge in [0.2, 0.25) is 5.75 Å². The number of halogens is 3. The smallest absolute Gasteiger partial charge is 0.316 e. The summed E-state index contributed by atoms with van der Waals surface area (Å²) in [7, 11) is 0. The molecule has 0 radical (unpaired) electrons. The van der Waals surface area contributed by atoms with Gasteiger partial charge in [-0.3, -0.25) is 4.79 Å². The first-order valence-corrected chi connectivity index (χ1v) is 8.07. The highest BCUT2D eigenvalue weighted by Crippen LogP contribution is 2.26. The summed E-state index contributed by atoms with van der Waals surface area (Å²) in [4.78, 5) is 12.6. The van der Waals surface area contributed by atoms with Gasteiger partial charge in [-0.2, -0.15) is 9.78 Å². The third kappa shape index (κ3) is 3.58. The third-order valence-electron chi connectivity index (χ3n) is 2.99. The first kappa shape index (κ1) is 16.1. The molecular weight excluding hydrogens is 403 g/mol. The Morgan fingerprint density at radius 2 is 1.65 bits per heavy atom. The van der Waals surface area contributed by atoms with Crippen LogP contribution in [-0.4, -0.2) is 9.78 Å². The topological polar surface area (TPSA) is 44.1 Å². The fourth-order valence-electron chi connectivity index (χ4n) is 1.90. The summed E-state index contributed by atoms with van der Waals surface area (Å²) in [5.41, 5.74) is 0.111. The molecule has 0 bridgehead atoms. The van der Waals surface area contributed by atoms with E-state index in [2.05, 4.69) is 21.0 Å². The molecule has 7 heteroatoms. The highest BCUT2D eigenvalue weighted by Gasteiger charge is 2.14. The van der Waals surface area contributed by atoms with E-state index in [0.29, 0.717) is 16.5 Å². The van der Waals surface area contributed by atoms with Crippen LogP contribution in [0.15, 0.2) is 64.0 Å². The van der Waals surface area contributed by atoms with Gasteiger partial charge in [-0.15, -0.1) is 0 Å². The van der Waals surface area contributed by atoms with E-state index in [4.69, 9.17) is 27.9 Å². The molecule has 0 atom stereocenters. The number of nitrogens with zero attached hydrogens (tertiary/aromatic N) is 2. The second kappa shape index (κ2) is 6.74. The van der Waals surface area contributed by atoms with Gasteiger partial charge in [-0.1, -0.05) is 39.1 Å². The van der Waals surface area contributed by atoms with Crippen molar-refractivity contribution in [3.63, 3.8) is 0 Å². The van der Waals surface area contributed by atoms with Crippen molar-refractivity contribution in [3.8, 4) is 17.2 Å². The molecule has 0 N–H and O–H groups in total. The Morgan fingerprint density at radius 1 is 1.00 bits per heavy atom. The highest BCUT2D eigenvalue weighted by atomic mass is 79.9. The first-order valence-electron chi connectivity index (χ1n) is 6.52. The minimum Gasteiger partial charge on any atom is -0.450 e. The number of hydrogen-bond acceptors (Lipinski definition) is 3. The molecule has 0 amide bonds. The van der Waals surface area contributed by atoms with E-state index in [9.17, 15) is 4.79 Å². The Labute approximate surface area is 150 Å². The van der Waals surface area contributed by atoms with Gasteiger partial charge in [-0.25, -0.2) is 0 Å². The molecule has 0 fully saturated rings. The highest BCUT2D eigenvalue weighted by molar-refractivity contribution is 9.10. The molecular formula is C16H9BrCl2N2O2. The molecule has 0 saturated carbocycles. The van der Waals surface area contributed by atoms with Crippen LogP contribution in [0, 0.1) is 0 Å². The molecule has 0 saturated heterocycles. The quantitative estimate of drug-likeness (QED) is 0.602. The summed E-state index contributed by atoms with van der Waals surface area (Å²) in [6.45, 7) is 0. The van der Waals surface area contributed by atoms with Crippen molar-refractivity contribution < 1.29 is 4.74 Å². The van der Waals surface area contributed by atoms with Gasteiger partial charge >= 0.3 is 5.56 Å². The third-order valence-corrected chi connectivity index (χ3v) is 4.04. The molecule has 3 aromatic rings. The van der Waals surface area contributed by atoms with Crippen LogP contribution in [0.5, 0.6) is 11.5 Å². The summed E-state index contributed by atoms with van der Waals surface area (Å²) in [6.07, 6.45) is 1.37. The normalized spacial score (nSPS) is 10.6. The predicted molar refractivity (Wildman–Crippen MR) is 94.1 cm³/mol.